The monoisotopic (exact) mass is 293 g/mol. The van der Waals surface area contributed by atoms with Crippen LogP contribution in [0.2, 0.25) is 0 Å². The number of halogens is 4. The van der Waals surface area contributed by atoms with E-state index in [2.05, 4.69) is 0 Å². The zero-order valence-corrected chi connectivity index (χ0v) is 11.4. The van der Waals surface area contributed by atoms with E-state index in [4.69, 9.17) is 11.6 Å². The summed E-state index contributed by atoms with van der Waals surface area (Å²) >= 11 is 5.59. The van der Waals surface area contributed by atoms with E-state index < -0.39 is 17.6 Å². The average Bonchev–Trinajstić information content (AvgIpc) is 2.33. The van der Waals surface area contributed by atoms with Gasteiger partial charge in [0.2, 0.25) is 0 Å². The van der Waals surface area contributed by atoms with E-state index in [0.717, 1.165) is 6.07 Å². The summed E-state index contributed by atoms with van der Waals surface area (Å²) in [6, 6.07) is 4.57. The van der Waals surface area contributed by atoms with Crippen LogP contribution in [0.25, 0.3) is 0 Å². The maximum atomic E-state index is 12.9. The van der Waals surface area contributed by atoms with Crippen LogP contribution in [0.3, 0.4) is 0 Å². The quantitative estimate of drug-likeness (QED) is 0.773. The number of alkyl halides is 4. The second-order valence-electron chi connectivity index (χ2n) is 4.32. The summed E-state index contributed by atoms with van der Waals surface area (Å²) in [6.45, 7) is 3.69. The first kappa shape index (κ1) is 15.8. The van der Waals surface area contributed by atoms with Crippen LogP contribution in [0.1, 0.15) is 29.8 Å². The van der Waals surface area contributed by atoms with Gasteiger partial charge in [-0.25, -0.2) is 0 Å². The second-order valence-corrected chi connectivity index (χ2v) is 4.70. The Bertz CT molecular complexity index is 446. The van der Waals surface area contributed by atoms with Crippen molar-refractivity contribution in [2.24, 2.45) is 0 Å². The highest BCUT2D eigenvalue weighted by molar-refractivity contribution is 6.18. The van der Waals surface area contributed by atoms with Crippen LogP contribution < -0.4 is 0 Å². The van der Waals surface area contributed by atoms with Gasteiger partial charge in [0.1, 0.15) is 0 Å². The van der Waals surface area contributed by atoms with Crippen molar-refractivity contribution in [1.82, 2.24) is 4.90 Å². The summed E-state index contributed by atoms with van der Waals surface area (Å²) in [6.07, 6.45) is -4.55. The lowest BCUT2D eigenvalue weighted by atomic mass is 10.1. The number of carbonyl (C=O) groups is 1. The maximum Gasteiger partial charge on any atom is 0.417 e. The molecule has 19 heavy (non-hydrogen) atoms. The lowest BCUT2D eigenvalue weighted by Gasteiger charge is -2.27. The Labute approximate surface area is 115 Å². The van der Waals surface area contributed by atoms with Crippen molar-refractivity contribution < 1.29 is 18.0 Å². The summed E-state index contributed by atoms with van der Waals surface area (Å²) in [4.78, 5) is 13.5. The van der Waals surface area contributed by atoms with Crippen molar-refractivity contribution in [3.63, 3.8) is 0 Å². The van der Waals surface area contributed by atoms with Gasteiger partial charge < -0.3 is 4.90 Å². The molecule has 1 aromatic carbocycles. The molecular weight excluding hydrogens is 279 g/mol. The minimum Gasteiger partial charge on any atom is -0.335 e. The molecule has 2 nitrogen and oxygen atoms in total. The van der Waals surface area contributed by atoms with Crippen LogP contribution in [-0.4, -0.2) is 29.3 Å². The first-order chi connectivity index (χ1) is 8.79. The molecule has 0 aliphatic carbocycles. The Hall–Kier alpha value is -1.23. The SMILES string of the molecule is CC(C)N(CCCl)C(=O)c1ccccc1C(F)(F)F. The smallest absolute Gasteiger partial charge is 0.335 e. The minimum absolute atomic E-state index is 0.179. The third-order valence-corrected chi connectivity index (χ3v) is 2.84. The van der Waals surface area contributed by atoms with Crippen LogP contribution >= 0.6 is 11.6 Å². The molecule has 0 unspecified atom stereocenters. The van der Waals surface area contributed by atoms with Gasteiger partial charge >= 0.3 is 6.18 Å². The molecule has 0 atom stereocenters. The van der Waals surface area contributed by atoms with Crippen molar-refractivity contribution in [3.8, 4) is 0 Å². The molecule has 0 saturated heterocycles. The second kappa shape index (κ2) is 6.28. The Balaban J connectivity index is 3.18. The van der Waals surface area contributed by atoms with E-state index in [0.29, 0.717) is 0 Å². The Morgan fingerprint density at radius 3 is 2.37 bits per heavy atom. The van der Waals surface area contributed by atoms with E-state index in [9.17, 15) is 18.0 Å². The molecule has 0 aliphatic heterocycles. The third-order valence-electron chi connectivity index (χ3n) is 2.67. The molecular formula is C13H15ClF3NO. The number of benzene rings is 1. The molecule has 0 heterocycles. The van der Waals surface area contributed by atoms with E-state index in [1.807, 2.05) is 0 Å². The highest BCUT2D eigenvalue weighted by atomic mass is 35.5. The lowest BCUT2D eigenvalue weighted by Crippen LogP contribution is -2.39. The Kier molecular flexibility index (Phi) is 5.23. The lowest BCUT2D eigenvalue weighted by molar-refractivity contribution is -0.138. The topological polar surface area (TPSA) is 20.3 Å². The Morgan fingerprint density at radius 1 is 1.32 bits per heavy atom. The van der Waals surface area contributed by atoms with Gasteiger partial charge in [-0.15, -0.1) is 11.6 Å². The largest absolute Gasteiger partial charge is 0.417 e. The molecule has 106 valence electrons. The molecule has 0 radical (unpaired) electrons. The highest BCUT2D eigenvalue weighted by Crippen LogP contribution is 2.32. The molecule has 0 aliphatic rings. The number of hydrogen-bond donors (Lipinski definition) is 0. The minimum atomic E-state index is -4.55. The number of amides is 1. The van der Waals surface area contributed by atoms with Gasteiger partial charge in [-0.05, 0) is 26.0 Å². The molecule has 0 spiro atoms. The molecule has 1 rings (SSSR count). The maximum absolute atomic E-state index is 12.9. The number of rotatable bonds is 4. The molecule has 1 aromatic rings. The number of carbonyl (C=O) groups excluding carboxylic acids is 1. The van der Waals surface area contributed by atoms with E-state index in [1.54, 1.807) is 13.8 Å². The highest BCUT2D eigenvalue weighted by Gasteiger charge is 2.36. The first-order valence-electron chi connectivity index (χ1n) is 5.82. The fraction of sp³-hybridized carbons (Fsp3) is 0.462. The summed E-state index contributed by atoms with van der Waals surface area (Å²) in [5.74, 6) is -0.471. The van der Waals surface area contributed by atoms with Gasteiger partial charge in [0.05, 0.1) is 11.1 Å². The van der Waals surface area contributed by atoms with Gasteiger partial charge in [0.15, 0.2) is 0 Å². The number of hydrogen-bond acceptors (Lipinski definition) is 1. The fourth-order valence-electron chi connectivity index (χ4n) is 1.76. The zero-order chi connectivity index (χ0) is 14.6. The summed E-state index contributed by atoms with van der Waals surface area (Å²) in [7, 11) is 0. The van der Waals surface area contributed by atoms with Crippen LogP contribution in [-0.2, 0) is 6.18 Å². The molecule has 0 aromatic heterocycles. The van der Waals surface area contributed by atoms with Crippen molar-refractivity contribution in [2.75, 3.05) is 12.4 Å². The van der Waals surface area contributed by atoms with Crippen molar-refractivity contribution in [3.05, 3.63) is 35.4 Å². The van der Waals surface area contributed by atoms with E-state index >= 15 is 0 Å². The molecule has 1 amide bonds. The fourth-order valence-corrected chi connectivity index (χ4v) is 1.94. The summed E-state index contributed by atoms with van der Waals surface area (Å²) in [5.41, 5.74) is -1.26. The molecule has 0 saturated carbocycles. The normalized spacial score (nSPS) is 11.7. The van der Waals surface area contributed by atoms with E-state index in [-0.39, 0.29) is 24.0 Å². The summed E-state index contributed by atoms with van der Waals surface area (Å²) < 4.78 is 38.6. The van der Waals surface area contributed by atoms with E-state index in [1.165, 1.54) is 23.1 Å². The molecule has 6 heteroatoms. The van der Waals surface area contributed by atoms with Gasteiger partial charge in [-0.1, -0.05) is 12.1 Å². The average molecular weight is 294 g/mol. The Morgan fingerprint density at radius 2 is 1.89 bits per heavy atom. The molecule has 0 N–H and O–H groups in total. The van der Waals surface area contributed by atoms with Crippen LogP contribution in [0.4, 0.5) is 13.2 Å². The van der Waals surface area contributed by atoms with Gasteiger partial charge in [0, 0.05) is 18.5 Å². The summed E-state index contributed by atoms with van der Waals surface area (Å²) in [5, 5.41) is 0. The van der Waals surface area contributed by atoms with Crippen LogP contribution in [0.5, 0.6) is 0 Å². The van der Waals surface area contributed by atoms with Gasteiger partial charge in [-0.3, -0.25) is 4.79 Å². The predicted molar refractivity (Wildman–Crippen MR) is 68.3 cm³/mol. The molecule has 0 fully saturated rings. The van der Waals surface area contributed by atoms with Crippen LogP contribution in [0.15, 0.2) is 24.3 Å². The van der Waals surface area contributed by atoms with Crippen molar-refractivity contribution in [1.29, 1.82) is 0 Å². The van der Waals surface area contributed by atoms with Crippen LogP contribution in [0, 0.1) is 0 Å². The first-order valence-corrected chi connectivity index (χ1v) is 6.35. The number of nitrogens with zero attached hydrogens (tertiary/aromatic N) is 1. The molecule has 0 bridgehead atoms. The zero-order valence-electron chi connectivity index (χ0n) is 10.7. The third kappa shape index (κ3) is 3.86. The standard InChI is InChI=1S/C13H15ClF3NO/c1-9(2)18(8-7-14)12(19)10-5-3-4-6-11(10)13(15,16)17/h3-6,9H,7-8H2,1-2H3. The van der Waals surface area contributed by atoms with Crippen molar-refractivity contribution >= 4 is 17.5 Å². The predicted octanol–water partition coefficient (Wildman–Crippen LogP) is 3.79. The van der Waals surface area contributed by atoms with Gasteiger partial charge in [-0.2, -0.15) is 13.2 Å². The van der Waals surface area contributed by atoms with Gasteiger partial charge in [0.25, 0.3) is 5.91 Å². The van der Waals surface area contributed by atoms with Crippen molar-refractivity contribution in [2.45, 2.75) is 26.1 Å².